The Morgan fingerprint density at radius 1 is 1.90 bits per heavy atom. The van der Waals surface area contributed by atoms with Crippen molar-refractivity contribution in [2.45, 2.75) is 12.2 Å². The van der Waals surface area contributed by atoms with Crippen molar-refractivity contribution in [2.24, 2.45) is 0 Å². The molecule has 0 heterocycles. The van der Waals surface area contributed by atoms with Crippen molar-refractivity contribution in [1.82, 2.24) is 4.90 Å². The third-order valence-electron chi connectivity index (χ3n) is 1.06. The molecule has 0 fully saturated rings. The Bertz CT molecular complexity index is 159. The van der Waals surface area contributed by atoms with Crippen LogP contribution >= 0.6 is 12.6 Å². The molecule has 1 amide bonds. The van der Waals surface area contributed by atoms with Crippen molar-refractivity contribution in [3.8, 4) is 12.3 Å². The summed E-state index contributed by atoms with van der Waals surface area (Å²) in [5.41, 5.74) is 0. The van der Waals surface area contributed by atoms with Crippen LogP contribution in [-0.2, 0) is 4.79 Å². The number of nitrogens with zero attached hydrogens (tertiary/aromatic N) is 1. The van der Waals surface area contributed by atoms with Gasteiger partial charge in [0.2, 0.25) is 5.91 Å². The SMILES string of the molecule is C#CCN(C)C(=O)C(C)S. The zero-order valence-corrected chi connectivity index (χ0v) is 7.06. The average molecular weight is 157 g/mol. The summed E-state index contributed by atoms with van der Waals surface area (Å²) in [6.45, 7) is 2.07. The summed E-state index contributed by atoms with van der Waals surface area (Å²) < 4.78 is 0. The van der Waals surface area contributed by atoms with Gasteiger partial charge in [-0.2, -0.15) is 12.6 Å². The van der Waals surface area contributed by atoms with Crippen molar-refractivity contribution in [2.75, 3.05) is 13.6 Å². The quantitative estimate of drug-likeness (QED) is 0.454. The van der Waals surface area contributed by atoms with E-state index in [0.717, 1.165) is 0 Å². The standard InChI is InChI=1S/C7H11NOS/c1-4-5-8(3)7(9)6(2)10/h1,6,10H,5H2,2-3H3. The third kappa shape index (κ3) is 2.79. The van der Waals surface area contributed by atoms with Gasteiger partial charge in [0.1, 0.15) is 0 Å². The van der Waals surface area contributed by atoms with Gasteiger partial charge in [0, 0.05) is 7.05 Å². The number of carbonyl (C=O) groups excluding carboxylic acids is 1. The molecule has 0 saturated heterocycles. The van der Waals surface area contributed by atoms with Crippen LogP contribution in [0.25, 0.3) is 0 Å². The largest absolute Gasteiger partial charge is 0.334 e. The Hall–Kier alpha value is -0.620. The fourth-order valence-electron chi connectivity index (χ4n) is 0.534. The van der Waals surface area contributed by atoms with Crippen LogP contribution < -0.4 is 0 Å². The number of hydrogen-bond acceptors (Lipinski definition) is 2. The van der Waals surface area contributed by atoms with Gasteiger partial charge in [-0.05, 0) is 6.92 Å². The fraction of sp³-hybridized carbons (Fsp3) is 0.571. The molecule has 3 heteroatoms. The molecule has 0 aromatic rings. The van der Waals surface area contributed by atoms with Crippen LogP contribution in [0.4, 0.5) is 0 Å². The van der Waals surface area contributed by atoms with Crippen molar-refractivity contribution in [3.05, 3.63) is 0 Å². The smallest absolute Gasteiger partial charge is 0.235 e. The van der Waals surface area contributed by atoms with E-state index in [4.69, 9.17) is 6.42 Å². The molecule has 0 rings (SSSR count). The molecule has 56 valence electrons. The van der Waals surface area contributed by atoms with Gasteiger partial charge in [0.25, 0.3) is 0 Å². The Kier molecular flexibility index (Phi) is 3.97. The first-order valence-corrected chi connectivity index (χ1v) is 3.47. The Morgan fingerprint density at radius 3 is 2.70 bits per heavy atom. The predicted molar refractivity (Wildman–Crippen MR) is 44.9 cm³/mol. The van der Waals surface area contributed by atoms with Crippen molar-refractivity contribution in [1.29, 1.82) is 0 Å². The van der Waals surface area contributed by atoms with E-state index in [1.54, 1.807) is 14.0 Å². The second kappa shape index (κ2) is 4.24. The third-order valence-corrected chi connectivity index (χ3v) is 1.28. The lowest BCUT2D eigenvalue weighted by molar-refractivity contribution is -0.128. The minimum atomic E-state index is -0.265. The van der Waals surface area contributed by atoms with Crippen LogP contribution in [0.1, 0.15) is 6.92 Å². The van der Waals surface area contributed by atoms with Gasteiger partial charge in [-0.25, -0.2) is 0 Å². The van der Waals surface area contributed by atoms with Crippen molar-refractivity contribution < 1.29 is 4.79 Å². The van der Waals surface area contributed by atoms with E-state index >= 15 is 0 Å². The van der Waals surface area contributed by atoms with Gasteiger partial charge in [-0.3, -0.25) is 4.79 Å². The summed E-state index contributed by atoms with van der Waals surface area (Å²) in [4.78, 5) is 12.5. The molecule has 0 N–H and O–H groups in total. The number of terminal acetylenes is 1. The zero-order chi connectivity index (χ0) is 8.15. The van der Waals surface area contributed by atoms with E-state index in [0.29, 0.717) is 6.54 Å². The second-order valence-corrected chi connectivity index (χ2v) is 2.85. The first kappa shape index (κ1) is 9.38. The molecule has 0 radical (unpaired) electrons. The average Bonchev–Trinajstić information content (AvgIpc) is 1.87. The lowest BCUT2D eigenvalue weighted by Crippen LogP contribution is -2.32. The minimum absolute atomic E-state index is 0.0405. The summed E-state index contributed by atoms with van der Waals surface area (Å²) in [5.74, 6) is 2.33. The summed E-state index contributed by atoms with van der Waals surface area (Å²) in [6.07, 6.45) is 5.00. The fourth-order valence-corrected chi connectivity index (χ4v) is 0.731. The first-order valence-electron chi connectivity index (χ1n) is 2.96. The number of thiol groups is 1. The van der Waals surface area contributed by atoms with Crippen LogP contribution in [0.2, 0.25) is 0 Å². The van der Waals surface area contributed by atoms with Crippen LogP contribution in [0.3, 0.4) is 0 Å². The van der Waals surface area contributed by atoms with Crippen molar-refractivity contribution in [3.63, 3.8) is 0 Å². The van der Waals surface area contributed by atoms with Crippen LogP contribution in [0.5, 0.6) is 0 Å². The van der Waals surface area contributed by atoms with Gasteiger partial charge in [-0.1, -0.05) is 5.92 Å². The first-order chi connectivity index (χ1) is 4.59. The summed E-state index contributed by atoms with van der Waals surface area (Å²) in [6, 6.07) is 0. The van der Waals surface area contributed by atoms with Crippen LogP contribution in [-0.4, -0.2) is 29.6 Å². The highest BCUT2D eigenvalue weighted by molar-refractivity contribution is 7.81. The number of amides is 1. The van der Waals surface area contributed by atoms with E-state index in [9.17, 15) is 4.79 Å². The molecule has 10 heavy (non-hydrogen) atoms. The van der Waals surface area contributed by atoms with Gasteiger partial charge in [-0.15, -0.1) is 6.42 Å². The van der Waals surface area contributed by atoms with E-state index in [-0.39, 0.29) is 11.2 Å². The highest BCUT2D eigenvalue weighted by Crippen LogP contribution is 1.97. The Morgan fingerprint density at radius 2 is 2.40 bits per heavy atom. The Labute approximate surface area is 67.0 Å². The molecule has 1 unspecified atom stereocenters. The van der Waals surface area contributed by atoms with Gasteiger partial charge < -0.3 is 4.90 Å². The molecular weight excluding hydrogens is 146 g/mol. The molecule has 0 saturated carbocycles. The van der Waals surface area contributed by atoms with Gasteiger partial charge >= 0.3 is 0 Å². The number of rotatable bonds is 2. The molecule has 0 aliphatic heterocycles. The Balaban J connectivity index is 3.85. The van der Waals surface area contributed by atoms with Crippen molar-refractivity contribution >= 4 is 18.5 Å². The molecule has 2 nitrogen and oxygen atoms in total. The zero-order valence-electron chi connectivity index (χ0n) is 6.16. The monoisotopic (exact) mass is 157 g/mol. The maximum Gasteiger partial charge on any atom is 0.235 e. The highest BCUT2D eigenvalue weighted by atomic mass is 32.1. The van der Waals surface area contributed by atoms with Crippen LogP contribution in [0.15, 0.2) is 0 Å². The van der Waals surface area contributed by atoms with E-state index < -0.39 is 0 Å². The topological polar surface area (TPSA) is 20.3 Å². The molecule has 0 aromatic carbocycles. The molecule has 0 bridgehead atoms. The second-order valence-electron chi connectivity index (χ2n) is 2.07. The lowest BCUT2D eigenvalue weighted by Gasteiger charge is -2.15. The minimum Gasteiger partial charge on any atom is -0.334 e. The van der Waals surface area contributed by atoms with E-state index in [2.05, 4.69) is 18.5 Å². The molecule has 0 aromatic heterocycles. The maximum absolute atomic E-state index is 11.0. The maximum atomic E-state index is 11.0. The summed E-state index contributed by atoms with van der Waals surface area (Å²) in [5, 5.41) is -0.265. The summed E-state index contributed by atoms with van der Waals surface area (Å²) >= 11 is 3.97. The normalized spacial score (nSPS) is 11.8. The lowest BCUT2D eigenvalue weighted by atomic mass is 10.4. The number of hydrogen-bond donors (Lipinski definition) is 1. The molecule has 0 aliphatic carbocycles. The highest BCUT2D eigenvalue weighted by Gasteiger charge is 2.11. The predicted octanol–water partition coefficient (Wildman–Crippen LogP) is 0.396. The van der Waals surface area contributed by atoms with Crippen LogP contribution in [0, 0.1) is 12.3 Å². The van der Waals surface area contributed by atoms with Gasteiger partial charge in [0.05, 0.1) is 11.8 Å². The number of carbonyl (C=O) groups is 1. The summed E-state index contributed by atoms with van der Waals surface area (Å²) in [7, 11) is 1.66. The molecule has 0 spiro atoms. The van der Waals surface area contributed by atoms with E-state index in [1.807, 2.05) is 0 Å². The molecule has 0 aliphatic rings. The van der Waals surface area contributed by atoms with E-state index in [1.165, 1.54) is 4.90 Å². The van der Waals surface area contributed by atoms with Gasteiger partial charge in [0.15, 0.2) is 0 Å². The molecular formula is C7H11NOS. The molecule has 1 atom stereocenters.